The lowest BCUT2D eigenvalue weighted by Gasteiger charge is -2.23. The Morgan fingerprint density at radius 3 is 2.21 bits per heavy atom. The molecule has 2 heterocycles. The van der Waals surface area contributed by atoms with Crippen molar-refractivity contribution in [1.82, 2.24) is 19.5 Å². The molecule has 0 spiro atoms. The molecule has 0 amide bonds. The normalized spacial score (nSPS) is 17.5. The summed E-state index contributed by atoms with van der Waals surface area (Å²) in [6, 6.07) is 6.30. The Hall–Kier alpha value is -2.58. The molecule has 0 aliphatic carbocycles. The van der Waals surface area contributed by atoms with Gasteiger partial charge in [0.2, 0.25) is 0 Å². The van der Waals surface area contributed by atoms with Gasteiger partial charge in [0.15, 0.2) is 17.8 Å². The average Bonchev–Trinajstić information content (AvgIpc) is 3.34. The Morgan fingerprint density at radius 2 is 1.60 bits per heavy atom. The van der Waals surface area contributed by atoms with Gasteiger partial charge in [-0.3, -0.25) is 13.6 Å². The number of nitrogen functional groups attached to an aromatic ring is 1. The summed E-state index contributed by atoms with van der Waals surface area (Å²) in [6.07, 6.45) is 5.12. The van der Waals surface area contributed by atoms with Gasteiger partial charge in [-0.25, -0.2) is 28.6 Å². The minimum absolute atomic E-state index is 0.112. The van der Waals surface area contributed by atoms with E-state index in [0.717, 1.165) is 5.56 Å². The third-order valence-electron chi connectivity index (χ3n) is 5.03. The van der Waals surface area contributed by atoms with Crippen LogP contribution in [0, 0.1) is 12.3 Å². The largest absolute Gasteiger partial charge is 0.490 e. The molecule has 42 heavy (non-hydrogen) atoms. The highest BCUT2D eigenvalue weighted by Crippen LogP contribution is 2.67. The molecule has 0 bridgehead atoms. The lowest BCUT2D eigenvalue weighted by atomic mass is 10.1. The zero-order valence-electron chi connectivity index (χ0n) is 21.9. The van der Waals surface area contributed by atoms with Crippen LogP contribution in [-0.2, 0) is 54.1 Å². The van der Waals surface area contributed by atoms with E-state index in [-0.39, 0.29) is 36.6 Å². The number of hydrogen-bond acceptors (Lipinski definition) is 14. The molecule has 0 fully saturated rings. The number of phosphoric acid groups is 3. The van der Waals surface area contributed by atoms with Crippen LogP contribution in [0.15, 0.2) is 36.9 Å². The summed E-state index contributed by atoms with van der Waals surface area (Å²) in [5, 5.41) is 10.2. The standard InChI is InChI=1S/C21H28N5O13P3/c1-3-9-34-10-15-5-7-16(8-6-15)11-35-40(28,29)38-42(32,33)39-41(30,31)36-12-18(27)37-17(4-2)26-14-25-19-20(22)23-13-24-21(19)26/h1,5-8,13-14,17-18,27H,4,9-12H2,2H3,(H,28,29)(H,30,31)(H,32,33)(H2,22,23,24)/t17-,18-/m1/s1. The zero-order valence-corrected chi connectivity index (χ0v) is 24.6. The van der Waals surface area contributed by atoms with Crippen molar-refractivity contribution < 1.29 is 60.6 Å². The number of rotatable bonds is 17. The number of aliphatic hydroxyl groups excluding tert-OH is 1. The Labute approximate surface area is 239 Å². The van der Waals surface area contributed by atoms with Gasteiger partial charge in [0, 0.05) is 0 Å². The molecule has 3 aromatic rings. The number of hydrogen-bond donors (Lipinski definition) is 5. The van der Waals surface area contributed by atoms with E-state index in [1.165, 1.54) is 29.4 Å². The number of imidazole rings is 1. The van der Waals surface area contributed by atoms with E-state index in [1.807, 2.05) is 0 Å². The molecule has 0 aliphatic rings. The zero-order chi connectivity index (χ0) is 31.0. The van der Waals surface area contributed by atoms with Crippen LogP contribution in [0.1, 0.15) is 30.7 Å². The number of aromatic nitrogens is 4. The third kappa shape index (κ3) is 10.3. The van der Waals surface area contributed by atoms with E-state index >= 15 is 0 Å². The van der Waals surface area contributed by atoms with Gasteiger partial charge in [-0.2, -0.15) is 8.62 Å². The third-order valence-corrected chi connectivity index (χ3v) is 9.26. The first-order chi connectivity index (χ1) is 19.7. The molecule has 0 saturated heterocycles. The fourth-order valence-corrected chi connectivity index (χ4v) is 6.74. The van der Waals surface area contributed by atoms with Crippen LogP contribution in [0.25, 0.3) is 11.2 Å². The number of fused-ring (bicyclic) bond motifs is 1. The molecule has 3 rings (SSSR count). The lowest BCUT2D eigenvalue weighted by Crippen LogP contribution is -2.24. The molecule has 6 N–H and O–H groups in total. The average molecular weight is 651 g/mol. The molecule has 21 heteroatoms. The lowest BCUT2D eigenvalue weighted by molar-refractivity contribution is -0.175. The van der Waals surface area contributed by atoms with Gasteiger partial charge < -0.3 is 35.0 Å². The van der Waals surface area contributed by atoms with E-state index in [0.29, 0.717) is 5.56 Å². The number of benzene rings is 1. The summed E-state index contributed by atoms with van der Waals surface area (Å²) in [4.78, 5) is 41.3. The minimum Gasteiger partial charge on any atom is -0.382 e. The summed E-state index contributed by atoms with van der Waals surface area (Å²) in [5.74, 6) is 2.43. The predicted octanol–water partition coefficient (Wildman–Crippen LogP) is 2.37. The first-order valence-corrected chi connectivity index (χ1v) is 16.3. The molecule has 230 valence electrons. The van der Waals surface area contributed by atoms with Gasteiger partial charge in [-0.15, -0.1) is 6.42 Å². The number of anilines is 1. The molecule has 18 nitrogen and oxygen atoms in total. The minimum atomic E-state index is -5.72. The molecular weight excluding hydrogens is 623 g/mol. The summed E-state index contributed by atoms with van der Waals surface area (Å²) >= 11 is 0. The number of nitrogens with zero attached hydrogens (tertiary/aromatic N) is 4. The van der Waals surface area contributed by atoms with Gasteiger partial charge in [-0.1, -0.05) is 37.1 Å². The summed E-state index contributed by atoms with van der Waals surface area (Å²) in [6.45, 7) is 0.464. The van der Waals surface area contributed by atoms with Crippen molar-refractivity contribution >= 4 is 40.4 Å². The summed E-state index contributed by atoms with van der Waals surface area (Å²) < 4.78 is 65.7. The highest BCUT2D eigenvalue weighted by atomic mass is 31.3. The van der Waals surface area contributed by atoms with Gasteiger partial charge >= 0.3 is 23.5 Å². The maximum absolute atomic E-state index is 12.2. The monoisotopic (exact) mass is 651 g/mol. The number of terminal acetylenes is 1. The number of ether oxygens (including phenoxy) is 2. The smallest absolute Gasteiger partial charge is 0.382 e. The first-order valence-electron chi connectivity index (χ1n) is 11.8. The Morgan fingerprint density at radius 1 is 0.976 bits per heavy atom. The van der Waals surface area contributed by atoms with Crippen LogP contribution in [-0.4, -0.2) is 58.8 Å². The van der Waals surface area contributed by atoms with Crippen molar-refractivity contribution in [3.05, 3.63) is 48.0 Å². The fraction of sp³-hybridized carbons (Fsp3) is 0.381. The van der Waals surface area contributed by atoms with Crippen LogP contribution in [0.5, 0.6) is 0 Å². The van der Waals surface area contributed by atoms with Crippen molar-refractivity contribution in [2.24, 2.45) is 0 Å². The SMILES string of the molecule is C#CCOCc1ccc(COP(=O)(O)OP(=O)(O)OP(=O)(O)OC[C@H](O)O[C@H](CC)n2cnc3c(N)ncnc32)cc1. The maximum atomic E-state index is 12.2. The fourth-order valence-electron chi connectivity index (χ4n) is 3.26. The van der Waals surface area contributed by atoms with E-state index in [9.17, 15) is 33.5 Å². The molecule has 5 atom stereocenters. The van der Waals surface area contributed by atoms with Crippen molar-refractivity contribution in [2.45, 2.75) is 39.1 Å². The van der Waals surface area contributed by atoms with Crippen LogP contribution >= 0.6 is 23.5 Å². The van der Waals surface area contributed by atoms with Gasteiger partial charge in [0.25, 0.3) is 0 Å². The van der Waals surface area contributed by atoms with Crippen molar-refractivity contribution in [1.29, 1.82) is 0 Å². The highest BCUT2D eigenvalue weighted by molar-refractivity contribution is 7.66. The van der Waals surface area contributed by atoms with E-state index in [4.69, 9.17) is 21.6 Å². The Bertz CT molecular complexity index is 1530. The van der Waals surface area contributed by atoms with Crippen LogP contribution in [0.2, 0.25) is 0 Å². The Kier molecular flexibility index (Phi) is 11.9. The number of aliphatic hydroxyl groups is 1. The molecule has 0 saturated carbocycles. The predicted molar refractivity (Wildman–Crippen MR) is 143 cm³/mol. The molecule has 0 aliphatic heterocycles. The Balaban J connectivity index is 1.50. The first kappa shape index (κ1) is 33.9. The van der Waals surface area contributed by atoms with Gasteiger partial charge in [-0.05, 0) is 17.5 Å². The van der Waals surface area contributed by atoms with Crippen LogP contribution in [0.4, 0.5) is 5.82 Å². The number of phosphoric ester groups is 2. The van der Waals surface area contributed by atoms with Crippen molar-refractivity contribution in [3.8, 4) is 12.3 Å². The maximum Gasteiger partial charge on any atom is 0.490 e. The van der Waals surface area contributed by atoms with Crippen LogP contribution < -0.4 is 5.73 Å². The second kappa shape index (κ2) is 14.7. The van der Waals surface area contributed by atoms with Crippen molar-refractivity contribution in [3.63, 3.8) is 0 Å². The summed E-state index contributed by atoms with van der Waals surface area (Å²) in [5.41, 5.74) is 7.44. The van der Waals surface area contributed by atoms with Gasteiger partial charge in [0.05, 0.1) is 19.5 Å². The second-order valence-electron chi connectivity index (χ2n) is 8.19. The molecule has 0 radical (unpaired) electrons. The number of nitrogens with two attached hydrogens (primary N) is 1. The molecule has 2 aromatic heterocycles. The van der Waals surface area contributed by atoms with Crippen molar-refractivity contribution in [2.75, 3.05) is 18.9 Å². The van der Waals surface area contributed by atoms with E-state index in [1.54, 1.807) is 19.1 Å². The molecule has 3 unspecified atom stereocenters. The van der Waals surface area contributed by atoms with Gasteiger partial charge in [0.1, 0.15) is 31.3 Å². The van der Waals surface area contributed by atoms with Crippen LogP contribution in [0.3, 0.4) is 0 Å². The second-order valence-corrected chi connectivity index (χ2v) is 12.8. The molecule has 1 aromatic carbocycles. The van der Waals surface area contributed by atoms with E-state index < -0.39 is 49.2 Å². The summed E-state index contributed by atoms with van der Waals surface area (Å²) in [7, 11) is -16.5. The molecular formula is C21H28N5O13P3. The van der Waals surface area contributed by atoms with E-state index in [2.05, 4.69) is 38.5 Å². The topological polar surface area (TPSA) is 257 Å². The highest BCUT2D eigenvalue weighted by Gasteiger charge is 2.42. The quantitative estimate of drug-likeness (QED) is 0.0607.